The highest BCUT2D eigenvalue weighted by atomic mass is 16.6. The van der Waals surface area contributed by atoms with Gasteiger partial charge in [-0.15, -0.1) is 0 Å². The molecule has 152 valence electrons. The number of amides is 1. The largest absolute Gasteiger partial charge is 0.444 e. The van der Waals surface area contributed by atoms with Crippen LogP contribution in [-0.2, 0) is 11.3 Å². The third-order valence-electron chi connectivity index (χ3n) is 4.77. The summed E-state index contributed by atoms with van der Waals surface area (Å²) in [5.74, 6) is 0.388. The molecule has 0 aliphatic carbocycles. The number of carbonyl (C=O) groups excluding carboxylic acids is 1. The number of alkyl carbamates (subject to hydrolysis) is 1. The quantitative estimate of drug-likeness (QED) is 0.843. The van der Waals surface area contributed by atoms with Crippen molar-refractivity contribution in [3.05, 3.63) is 34.4 Å². The van der Waals surface area contributed by atoms with E-state index in [1.807, 2.05) is 39.8 Å². The zero-order valence-electron chi connectivity index (χ0n) is 17.1. The average Bonchev–Trinajstić information content (AvgIpc) is 3.05. The van der Waals surface area contributed by atoms with Crippen LogP contribution in [0.5, 0.6) is 0 Å². The number of aryl methyl sites for hydroxylation is 1. The van der Waals surface area contributed by atoms with Crippen molar-refractivity contribution in [3.63, 3.8) is 0 Å². The molecule has 0 unspecified atom stereocenters. The van der Waals surface area contributed by atoms with Gasteiger partial charge in [-0.1, -0.05) is 0 Å². The molecular formula is C20H29N5O3. The maximum Gasteiger partial charge on any atom is 0.407 e. The number of likely N-dealkylation sites (tertiary alicyclic amines) is 1. The van der Waals surface area contributed by atoms with E-state index in [0.717, 1.165) is 37.3 Å². The summed E-state index contributed by atoms with van der Waals surface area (Å²) in [5, 5.41) is 2.85. The lowest BCUT2D eigenvalue weighted by molar-refractivity contribution is 0.0519. The molecule has 1 aliphatic rings. The van der Waals surface area contributed by atoms with Crippen molar-refractivity contribution in [1.82, 2.24) is 24.8 Å². The van der Waals surface area contributed by atoms with Gasteiger partial charge in [-0.25, -0.2) is 14.8 Å². The van der Waals surface area contributed by atoms with Gasteiger partial charge in [0.25, 0.3) is 5.56 Å². The van der Waals surface area contributed by atoms with Crippen LogP contribution in [0, 0.1) is 12.8 Å². The minimum Gasteiger partial charge on any atom is -0.444 e. The highest BCUT2D eigenvalue weighted by Crippen LogP contribution is 2.16. The summed E-state index contributed by atoms with van der Waals surface area (Å²) >= 11 is 0. The summed E-state index contributed by atoms with van der Waals surface area (Å²) in [6, 6.07) is 3.79. The number of ether oxygens (including phenoxy) is 1. The van der Waals surface area contributed by atoms with E-state index in [1.54, 1.807) is 4.57 Å². The first-order valence-electron chi connectivity index (χ1n) is 9.74. The Hall–Kier alpha value is -2.48. The Morgan fingerprint density at radius 2 is 2.11 bits per heavy atom. The molecule has 0 saturated carbocycles. The molecule has 2 aromatic heterocycles. The van der Waals surface area contributed by atoms with E-state index in [2.05, 4.69) is 20.2 Å². The molecule has 28 heavy (non-hydrogen) atoms. The second-order valence-corrected chi connectivity index (χ2v) is 8.38. The van der Waals surface area contributed by atoms with Gasteiger partial charge in [0.1, 0.15) is 11.1 Å². The fourth-order valence-electron chi connectivity index (χ4n) is 3.42. The first kappa shape index (κ1) is 20.3. The lowest BCUT2D eigenvalue weighted by Gasteiger charge is -2.21. The number of pyridine rings is 1. The number of nitrogens with zero attached hydrogens (tertiary/aromatic N) is 4. The summed E-state index contributed by atoms with van der Waals surface area (Å²) in [6.45, 7) is 11.2. The van der Waals surface area contributed by atoms with Crippen LogP contribution in [0.15, 0.2) is 23.1 Å². The van der Waals surface area contributed by atoms with Crippen molar-refractivity contribution in [2.45, 2.75) is 46.3 Å². The van der Waals surface area contributed by atoms with Crippen LogP contribution in [0.3, 0.4) is 0 Å². The number of fused-ring (bicyclic) bond motifs is 1. The van der Waals surface area contributed by atoms with Gasteiger partial charge in [0.05, 0.1) is 6.20 Å². The Morgan fingerprint density at radius 1 is 1.32 bits per heavy atom. The number of nitrogens with one attached hydrogen (secondary N) is 1. The third-order valence-corrected chi connectivity index (χ3v) is 4.77. The van der Waals surface area contributed by atoms with E-state index >= 15 is 0 Å². The summed E-state index contributed by atoms with van der Waals surface area (Å²) in [7, 11) is 0. The fourth-order valence-corrected chi connectivity index (χ4v) is 3.42. The maximum absolute atomic E-state index is 12.3. The smallest absolute Gasteiger partial charge is 0.407 e. The number of hydrogen-bond donors (Lipinski definition) is 1. The predicted octanol–water partition coefficient (Wildman–Crippen LogP) is 1.95. The van der Waals surface area contributed by atoms with Crippen LogP contribution < -0.4 is 10.9 Å². The molecule has 1 saturated heterocycles. The van der Waals surface area contributed by atoms with Crippen LogP contribution in [0.2, 0.25) is 0 Å². The number of rotatable bonds is 5. The van der Waals surface area contributed by atoms with Crippen LogP contribution in [0.1, 0.15) is 32.9 Å². The SMILES string of the molecule is Cc1ccc2ncc(=O)n(CCN3CC[C@@H](CNC(=O)OC(C)(C)C)C3)c2n1. The van der Waals surface area contributed by atoms with Crippen molar-refractivity contribution >= 4 is 17.3 Å². The van der Waals surface area contributed by atoms with Gasteiger partial charge in [-0.2, -0.15) is 0 Å². The number of carbonyl (C=O) groups is 1. The van der Waals surface area contributed by atoms with Gasteiger partial charge < -0.3 is 15.0 Å². The molecule has 8 heteroatoms. The lowest BCUT2D eigenvalue weighted by Crippen LogP contribution is -2.36. The molecule has 0 radical (unpaired) electrons. The Labute approximate surface area is 164 Å². The van der Waals surface area contributed by atoms with Crippen LogP contribution in [0.4, 0.5) is 4.79 Å². The molecule has 8 nitrogen and oxygen atoms in total. The minimum absolute atomic E-state index is 0.132. The van der Waals surface area contributed by atoms with Crippen molar-refractivity contribution in [1.29, 1.82) is 0 Å². The topological polar surface area (TPSA) is 89.4 Å². The second-order valence-electron chi connectivity index (χ2n) is 8.38. The fraction of sp³-hybridized carbons (Fsp3) is 0.600. The van der Waals surface area contributed by atoms with Crippen LogP contribution >= 0.6 is 0 Å². The van der Waals surface area contributed by atoms with Gasteiger partial charge in [0.15, 0.2) is 5.65 Å². The standard InChI is InChI=1S/C20H29N5O3/c1-14-5-6-16-18(23-14)25(17(26)12-21-16)10-9-24-8-7-15(13-24)11-22-19(27)28-20(2,3)4/h5-6,12,15H,7-11,13H2,1-4H3,(H,22,27)/t15-/m0/s1. The molecule has 2 aromatic rings. The lowest BCUT2D eigenvalue weighted by atomic mass is 10.1. The Bertz CT molecular complexity index is 903. The van der Waals surface area contributed by atoms with E-state index in [4.69, 9.17) is 4.74 Å². The maximum atomic E-state index is 12.3. The van der Waals surface area contributed by atoms with E-state index in [1.165, 1.54) is 6.20 Å². The summed E-state index contributed by atoms with van der Waals surface area (Å²) in [4.78, 5) is 35.1. The Balaban J connectivity index is 1.54. The van der Waals surface area contributed by atoms with Crippen molar-refractivity contribution in [3.8, 4) is 0 Å². The summed E-state index contributed by atoms with van der Waals surface area (Å²) in [6.07, 6.45) is 2.00. The predicted molar refractivity (Wildman–Crippen MR) is 107 cm³/mol. The molecular weight excluding hydrogens is 358 g/mol. The van der Waals surface area contributed by atoms with Gasteiger partial charge in [0, 0.05) is 31.9 Å². The molecule has 0 aromatic carbocycles. The summed E-state index contributed by atoms with van der Waals surface area (Å²) < 4.78 is 6.97. The van der Waals surface area contributed by atoms with E-state index in [0.29, 0.717) is 24.7 Å². The van der Waals surface area contributed by atoms with Gasteiger partial charge >= 0.3 is 6.09 Å². The van der Waals surface area contributed by atoms with E-state index < -0.39 is 5.60 Å². The highest BCUT2D eigenvalue weighted by Gasteiger charge is 2.24. The number of hydrogen-bond acceptors (Lipinski definition) is 6. The second kappa shape index (κ2) is 8.26. The Kier molecular flexibility index (Phi) is 5.98. The normalized spacial score (nSPS) is 17.8. The third kappa shape index (κ3) is 5.28. The Morgan fingerprint density at radius 3 is 2.86 bits per heavy atom. The van der Waals surface area contributed by atoms with Gasteiger partial charge in [-0.3, -0.25) is 9.36 Å². The number of aromatic nitrogens is 3. The zero-order chi connectivity index (χ0) is 20.3. The molecule has 0 bridgehead atoms. The first-order chi connectivity index (χ1) is 13.2. The minimum atomic E-state index is -0.487. The van der Waals surface area contributed by atoms with Gasteiger partial charge in [0.2, 0.25) is 0 Å². The van der Waals surface area contributed by atoms with E-state index in [9.17, 15) is 9.59 Å². The van der Waals surface area contributed by atoms with Crippen LogP contribution in [-0.4, -0.2) is 57.3 Å². The molecule has 1 amide bonds. The van der Waals surface area contributed by atoms with Gasteiger partial charge in [-0.05, 0) is 58.7 Å². The molecule has 1 fully saturated rings. The zero-order valence-corrected chi connectivity index (χ0v) is 17.1. The monoisotopic (exact) mass is 387 g/mol. The molecule has 3 rings (SSSR count). The van der Waals surface area contributed by atoms with Crippen molar-refractivity contribution < 1.29 is 9.53 Å². The first-order valence-corrected chi connectivity index (χ1v) is 9.74. The van der Waals surface area contributed by atoms with E-state index in [-0.39, 0.29) is 11.7 Å². The molecule has 1 aliphatic heterocycles. The molecule has 1 atom stereocenters. The molecule has 3 heterocycles. The van der Waals surface area contributed by atoms with Crippen molar-refractivity contribution in [2.24, 2.45) is 5.92 Å². The highest BCUT2D eigenvalue weighted by molar-refractivity contribution is 5.69. The summed E-state index contributed by atoms with van der Waals surface area (Å²) in [5.41, 5.74) is 1.61. The average molecular weight is 387 g/mol. The van der Waals surface area contributed by atoms with Crippen LogP contribution in [0.25, 0.3) is 11.2 Å². The van der Waals surface area contributed by atoms with Crippen molar-refractivity contribution in [2.75, 3.05) is 26.2 Å². The molecule has 1 N–H and O–H groups in total. The molecule has 0 spiro atoms.